The first-order valence-electron chi connectivity index (χ1n) is 7.22. The van der Waals surface area contributed by atoms with E-state index in [0.29, 0.717) is 30.9 Å². The quantitative estimate of drug-likeness (QED) is 0.866. The molecule has 0 spiro atoms. The van der Waals surface area contributed by atoms with Crippen molar-refractivity contribution in [3.63, 3.8) is 0 Å². The van der Waals surface area contributed by atoms with Gasteiger partial charge >= 0.3 is 5.97 Å². The highest BCUT2D eigenvalue weighted by atomic mass is 16.5. The van der Waals surface area contributed by atoms with Gasteiger partial charge in [-0.2, -0.15) is 0 Å². The van der Waals surface area contributed by atoms with Crippen molar-refractivity contribution in [1.29, 1.82) is 0 Å². The molecule has 6 nitrogen and oxygen atoms in total. The Balaban J connectivity index is 2.10. The highest BCUT2D eigenvalue weighted by Crippen LogP contribution is 2.28. The monoisotopic (exact) mass is 292 g/mol. The van der Waals surface area contributed by atoms with Crippen LogP contribution in [0.1, 0.15) is 49.4 Å². The van der Waals surface area contributed by atoms with Crippen LogP contribution in [0.15, 0.2) is 18.3 Å². The van der Waals surface area contributed by atoms with Gasteiger partial charge in [0.1, 0.15) is 5.54 Å². The average molecular weight is 292 g/mol. The average Bonchev–Trinajstić information content (AvgIpc) is 2.49. The molecule has 0 aromatic carbocycles. The molecule has 1 saturated carbocycles. The molecule has 1 aliphatic carbocycles. The zero-order valence-electron chi connectivity index (χ0n) is 12.1. The summed E-state index contributed by atoms with van der Waals surface area (Å²) in [6, 6.07) is 3.19. The maximum absolute atomic E-state index is 12.2. The number of pyridine rings is 1. The van der Waals surface area contributed by atoms with Gasteiger partial charge in [-0.15, -0.1) is 0 Å². The van der Waals surface area contributed by atoms with Crippen LogP contribution in [0.2, 0.25) is 0 Å². The zero-order valence-corrected chi connectivity index (χ0v) is 12.1. The molecular weight excluding hydrogens is 272 g/mol. The van der Waals surface area contributed by atoms with E-state index in [4.69, 9.17) is 4.74 Å². The van der Waals surface area contributed by atoms with E-state index in [1.807, 2.05) is 6.92 Å². The predicted molar refractivity (Wildman–Crippen MR) is 76.3 cm³/mol. The van der Waals surface area contributed by atoms with Crippen LogP contribution >= 0.6 is 0 Å². The first-order chi connectivity index (χ1) is 10.1. The van der Waals surface area contributed by atoms with E-state index >= 15 is 0 Å². The lowest BCUT2D eigenvalue weighted by Gasteiger charge is -2.33. The largest absolute Gasteiger partial charge is 0.480 e. The summed E-state index contributed by atoms with van der Waals surface area (Å²) in [7, 11) is 0. The van der Waals surface area contributed by atoms with Gasteiger partial charge in [-0.1, -0.05) is 19.3 Å². The Morgan fingerprint density at radius 2 is 2.05 bits per heavy atom. The van der Waals surface area contributed by atoms with Crippen LogP contribution < -0.4 is 10.1 Å². The second-order valence-corrected chi connectivity index (χ2v) is 5.22. The van der Waals surface area contributed by atoms with Crippen LogP contribution in [0.5, 0.6) is 5.88 Å². The summed E-state index contributed by atoms with van der Waals surface area (Å²) in [4.78, 5) is 27.8. The van der Waals surface area contributed by atoms with Gasteiger partial charge in [-0.05, 0) is 25.8 Å². The lowest BCUT2D eigenvalue weighted by molar-refractivity contribution is -0.145. The minimum absolute atomic E-state index is 0.338. The number of carbonyl (C=O) groups excluding carboxylic acids is 1. The smallest absolute Gasteiger partial charge is 0.329 e. The molecule has 6 heteroatoms. The number of carboxylic acids is 1. The number of nitrogens with one attached hydrogen (secondary N) is 1. The Morgan fingerprint density at radius 3 is 2.57 bits per heavy atom. The Hall–Kier alpha value is -2.11. The fraction of sp³-hybridized carbons (Fsp3) is 0.533. The van der Waals surface area contributed by atoms with E-state index in [1.54, 1.807) is 12.1 Å². The van der Waals surface area contributed by atoms with Crippen molar-refractivity contribution in [3.8, 4) is 5.88 Å². The SMILES string of the molecule is CCOc1ccc(C(=O)NC2(C(=O)O)CCCCC2)cn1. The first kappa shape index (κ1) is 15.3. The van der Waals surface area contributed by atoms with Crippen molar-refractivity contribution in [3.05, 3.63) is 23.9 Å². The van der Waals surface area contributed by atoms with E-state index in [1.165, 1.54) is 6.20 Å². The van der Waals surface area contributed by atoms with Gasteiger partial charge in [0.2, 0.25) is 5.88 Å². The third kappa shape index (κ3) is 3.51. The topological polar surface area (TPSA) is 88.5 Å². The fourth-order valence-corrected chi connectivity index (χ4v) is 2.59. The molecule has 0 atom stereocenters. The number of nitrogens with zero attached hydrogens (tertiary/aromatic N) is 1. The van der Waals surface area contributed by atoms with Gasteiger partial charge in [0.15, 0.2) is 0 Å². The van der Waals surface area contributed by atoms with Crippen LogP contribution in [0, 0.1) is 0 Å². The van der Waals surface area contributed by atoms with Gasteiger partial charge in [0.25, 0.3) is 5.91 Å². The van der Waals surface area contributed by atoms with Crippen molar-refractivity contribution < 1.29 is 19.4 Å². The summed E-state index contributed by atoms with van der Waals surface area (Å²) in [5.74, 6) is -0.927. The summed E-state index contributed by atoms with van der Waals surface area (Å²) in [5.41, 5.74) is -0.807. The maximum atomic E-state index is 12.2. The molecule has 0 unspecified atom stereocenters. The number of aromatic nitrogens is 1. The standard InChI is InChI=1S/C15H20N2O4/c1-2-21-12-7-6-11(10-16-12)13(18)17-15(14(19)20)8-4-3-5-9-15/h6-7,10H,2-5,8-9H2,1H3,(H,17,18)(H,19,20). The van der Waals surface area contributed by atoms with Crippen molar-refractivity contribution in [1.82, 2.24) is 10.3 Å². The molecule has 1 aromatic heterocycles. The van der Waals surface area contributed by atoms with E-state index in [-0.39, 0.29) is 0 Å². The normalized spacial score (nSPS) is 17.0. The molecule has 0 saturated heterocycles. The molecule has 1 fully saturated rings. The summed E-state index contributed by atoms with van der Waals surface area (Å²) in [6.45, 7) is 2.35. The number of carboxylic acid groups (broad SMARTS) is 1. The number of hydrogen-bond donors (Lipinski definition) is 2. The van der Waals surface area contributed by atoms with E-state index in [9.17, 15) is 14.7 Å². The summed E-state index contributed by atoms with van der Waals surface area (Å²) >= 11 is 0. The maximum Gasteiger partial charge on any atom is 0.329 e. The molecule has 1 aliphatic rings. The highest BCUT2D eigenvalue weighted by Gasteiger charge is 2.41. The van der Waals surface area contributed by atoms with E-state index in [0.717, 1.165) is 19.3 Å². The van der Waals surface area contributed by atoms with Crippen molar-refractivity contribution >= 4 is 11.9 Å². The van der Waals surface area contributed by atoms with Crippen molar-refractivity contribution in [2.45, 2.75) is 44.6 Å². The number of rotatable bonds is 5. The van der Waals surface area contributed by atoms with Crippen LogP contribution in [-0.2, 0) is 4.79 Å². The number of amides is 1. The molecule has 0 radical (unpaired) electrons. The molecule has 0 aliphatic heterocycles. The second-order valence-electron chi connectivity index (χ2n) is 5.22. The molecule has 1 amide bonds. The van der Waals surface area contributed by atoms with E-state index < -0.39 is 17.4 Å². The predicted octanol–water partition coefficient (Wildman–Crippen LogP) is 2.00. The summed E-state index contributed by atoms with van der Waals surface area (Å²) in [5, 5.41) is 12.1. The molecule has 1 heterocycles. The Morgan fingerprint density at radius 1 is 1.33 bits per heavy atom. The Labute approximate surface area is 123 Å². The highest BCUT2D eigenvalue weighted by molar-refractivity contribution is 5.97. The molecule has 1 aromatic rings. The molecule has 21 heavy (non-hydrogen) atoms. The third-order valence-corrected chi connectivity index (χ3v) is 3.76. The van der Waals surface area contributed by atoms with Gasteiger partial charge in [0, 0.05) is 12.3 Å². The number of carbonyl (C=O) groups is 2. The minimum Gasteiger partial charge on any atom is -0.480 e. The lowest BCUT2D eigenvalue weighted by Crippen LogP contribution is -2.55. The van der Waals surface area contributed by atoms with Crippen LogP contribution in [-0.4, -0.2) is 34.1 Å². The number of ether oxygens (including phenoxy) is 1. The molecular formula is C15H20N2O4. The Kier molecular flexibility index (Phi) is 4.77. The number of hydrogen-bond acceptors (Lipinski definition) is 4. The van der Waals surface area contributed by atoms with Crippen molar-refractivity contribution in [2.24, 2.45) is 0 Å². The van der Waals surface area contributed by atoms with Gasteiger partial charge < -0.3 is 15.2 Å². The Bertz CT molecular complexity index is 507. The third-order valence-electron chi connectivity index (χ3n) is 3.76. The van der Waals surface area contributed by atoms with Gasteiger partial charge in [-0.25, -0.2) is 9.78 Å². The molecule has 2 rings (SSSR count). The summed E-state index contributed by atoms with van der Waals surface area (Å²) in [6.07, 6.45) is 4.98. The summed E-state index contributed by atoms with van der Waals surface area (Å²) < 4.78 is 5.21. The minimum atomic E-state index is -1.14. The van der Waals surface area contributed by atoms with Crippen LogP contribution in [0.3, 0.4) is 0 Å². The molecule has 0 bridgehead atoms. The lowest BCUT2D eigenvalue weighted by atomic mass is 9.81. The van der Waals surface area contributed by atoms with Crippen LogP contribution in [0.25, 0.3) is 0 Å². The first-order valence-corrected chi connectivity index (χ1v) is 7.22. The van der Waals surface area contributed by atoms with Crippen molar-refractivity contribution in [2.75, 3.05) is 6.61 Å². The van der Waals surface area contributed by atoms with E-state index in [2.05, 4.69) is 10.3 Å². The zero-order chi connectivity index (χ0) is 15.3. The van der Waals surface area contributed by atoms with Gasteiger partial charge in [0.05, 0.1) is 12.2 Å². The van der Waals surface area contributed by atoms with Gasteiger partial charge in [-0.3, -0.25) is 4.79 Å². The fourth-order valence-electron chi connectivity index (χ4n) is 2.59. The molecule has 114 valence electrons. The van der Waals surface area contributed by atoms with Crippen LogP contribution in [0.4, 0.5) is 0 Å². The molecule has 2 N–H and O–H groups in total. The number of aliphatic carboxylic acids is 1. The second kappa shape index (κ2) is 6.56.